The van der Waals surface area contributed by atoms with Gasteiger partial charge in [-0.15, -0.1) is 0 Å². The van der Waals surface area contributed by atoms with E-state index < -0.39 is 0 Å². The Morgan fingerprint density at radius 1 is 0.792 bits per heavy atom. The minimum Gasteiger partial charge on any atom is -0.384 e. The van der Waals surface area contributed by atoms with Crippen molar-refractivity contribution in [2.24, 2.45) is 0 Å². The zero-order valence-electron chi connectivity index (χ0n) is 14.3. The predicted molar refractivity (Wildman–Crippen MR) is 105 cm³/mol. The molecule has 0 heterocycles. The molecule has 3 rings (SSSR count). The van der Waals surface area contributed by atoms with Crippen molar-refractivity contribution in [3.63, 3.8) is 0 Å². The fourth-order valence-electron chi connectivity index (χ4n) is 3.00. The molecule has 1 nitrogen and oxygen atoms in total. The minimum absolute atomic E-state index is 0.969. The van der Waals surface area contributed by atoms with Gasteiger partial charge in [0.1, 0.15) is 0 Å². The maximum Gasteiger partial charge on any atom is 0.0458 e. The maximum atomic E-state index is 4.26. The predicted octanol–water partition coefficient (Wildman–Crippen LogP) is 6.41. The maximum absolute atomic E-state index is 4.26. The van der Waals surface area contributed by atoms with Gasteiger partial charge in [0.15, 0.2) is 0 Å². The molecule has 1 N–H and O–H groups in total. The summed E-state index contributed by atoms with van der Waals surface area (Å²) in [6, 6.07) is 25.5. The van der Waals surface area contributed by atoms with Gasteiger partial charge in [0, 0.05) is 17.8 Å². The van der Waals surface area contributed by atoms with E-state index in [1.165, 1.54) is 28.7 Å². The SMILES string of the molecule is [CH2]c1ccc(-c2ccccc2)c(-c2ccccc2)c1NCCCC. The summed E-state index contributed by atoms with van der Waals surface area (Å²) in [7, 11) is 0. The molecule has 1 radical (unpaired) electrons. The molecule has 0 spiro atoms. The van der Waals surface area contributed by atoms with Crippen LogP contribution in [0, 0.1) is 6.92 Å². The van der Waals surface area contributed by atoms with Gasteiger partial charge < -0.3 is 5.32 Å². The highest BCUT2D eigenvalue weighted by Crippen LogP contribution is 2.39. The van der Waals surface area contributed by atoms with Gasteiger partial charge in [0.2, 0.25) is 0 Å². The highest BCUT2D eigenvalue weighted by atomic mass is 14.9. The summed E-state index contributed by atoms with van der Waals surface area (Å²) in [5, 5.41) is 3.63. The highest BCUT2D eigenvalue weighted by molar-refractivity contribution is 5.93. The van der Waals surface area contributed by atoms with Crippen molar-refractivity contribution in [2.45, 2.75) is 19.8 Å². The molecule has 3 aromatic rings. The van der Waals surface area contributed by atoms with E-state index in [0.29, 0.717) is 0 Å². The van der Waals surface area contributed by atoms with E-state index in [4.69, 9.17) is 0 Å². The van der Waals surface area contributed by atoms with Gasteiger partial charge in [-0.3, -0.25) is 0 Å². The Balaban J connectivity index is 2.17. The summed E-state index contributed by atoms with van der Waals surface area (Å²) in [5.74, 6) is 0. The van der Waals surface area contributed by atoms with Crippen LogP contribution in [0.3, 0.4) is 0 Å². The van der Waals surface area contributed by atoms with E-state index in [1.54, 1.807) is 0 Å². The summed E-state index contributed by atoms with van der Waals surface area (Å²) in [5.41, 5.74) is 7.13. The Labute approximate surface area is 145 Å². The third-order valence-electron chi connectivity index (χ3n) is 4.27. The summed E-state index contributed by atoms with van der Waals surface area (Å²) in [6.45, 7) is 7.44. The Morgan fingerprint density at radius 3 is 2.04 bits per heavy atom. The average molecular weight is 314 g/mol. The van der Waals surface area contributed by atoms with Crippen LogP contribution in [-0.2, 0) is 0 Å². The standard InChI is InChI=1S/C23H24N/c1-3-4-17-24-23-18(2)15-16-21(19-11-7-5-8-12-19)22(23)20-13-9-6-10-14-20/h5-16,24H,2-4,17H2,1H3. The second-order valence-electron chi connectivity index (χ2n) is 6.03. The molecule has 24 heavy (non-hydrogen) atoms. The van der Waals surface area contributed by atoms with Crippen molar-refractivity contribution < 1.29 is 0 Å². The lowest BCUT2D eigenvalue weighted by atomic mass is 9.91. The average Bonchev–Trinajstić information content (AvgIpc) is 2.64. The van der Waals surface area contributed by atoms with Gasteiger partial charge in [-0.25, -0.2) is 0 Å². The van der Waals surface area contributed by atoms with Crippen LogP contribution in [0.1, 0.15) is 25.3 Å². The lowest BCUT2D eigenvalue weighted by molar-refractivity contribution is 0.834. The minimum atomic E-state index is 0.969. The first kappa shape index (κ1) is 16.3. The molecule has 1 heteroatoms. The number of benzene rings is 3. The van der Waals surface area contributed by atoms with Crippen molar-refractivity contribution >= 4 is 5.69 Å². The molecule has 0 aliphatic carbocycles. The normalized spacial score (nSPS) is 10.6. The topological polar surface area (TPSA) is 12.0 Å². The van der Waals surface area contributed by atoms with Crippen LogP contribution in [0.25, 0.3) is 22.3 Å². The van der Waals surface area contributed by atoms with Gasteiger partial charge in [0.25, 0.3) is 0 Å². The highest BCUT2D eigenvalue weighted by Gasteiger charge is 2.14. The molecule has 0 aliphatic rings. The molecule has 0 amide bonds. The molecular weight excluding hydrogens is 290 g/mol. The van der Waals surface area contributed by atoms with Gasteiger partial charge in [-0.1, -0.05) is 86.1 Å². The molecule has 0 saturated carbocycles. The zero-order valence-corrected chi connectivity index (χ0v) is 14.3. The number of unbranched alkanes of at least 4 members (excludes halogenated alkanes) is 1. The molecule has 0 aliphatic heterocycles. The van der Waals surface area contributed by atoms with Gasteiger partial charge in [-0.05, 0) is 35.6 Å². The molecule has 3 aromatic carbocycles. The van der Waals surface area contributed by atoms with Gasteiger partial charge in [0.05, 0.1) is 0 Å². The quantitative estimate of drug-likeness (QED) is 0.518. The summed E-state index contributed by atoms with van der Waals surface area (Å²) in [4.78, 5) is 0. The molecular formula is C23H24N. The third kappa shape index (κ3) is 3.51. The van der Waals surface area contributed by atoms with Crippen LogP contribution in [-0.4, -0.2) is 6.54 Å². The van der Waals surface area contributed by atoms with Crippen molar-refractivity contribution in [1.29, 1.82) is 0 Å². The first-order chi connectivity index (χ1) is 11.8. The number of hydrogen-bond acceptors (Lipinski definition) is 1. The Bertz CT molecular complexity index is 776. The largest absolute Gasteiger partial charge is 0.384 e. The lowest BCUT2D eigenvalue weighted by Gasteiger charge is -2.19. The molecule has 0 aromatic heterocycles. The summed E-state index contributed by atoms with van der Waals surface area (Å²) < 4.78 is 0. The van der Waals surface area contributed by atoms with E-state index in [9.17, 15) is 0 Å². The zero-order chi connectivity index (χ0) is 16.8. The van der Waals surface area contributed by atoms with Crippen LogP contribution in [0.4, 0.5) is 5.69 Å². The van der Waals surface area contributed by atoms with Crippen LogP contribution in [0.5, 0.6) is 0 Å². The van der Waals surface area contributed by atoms with Crippen LogP contribution in [0.2, 0.25) is 0 Å². The second-order valence-corrected chi connectivity index (χ2v) is 6.03. The number of rotatable bonds is 6. The van der Waals surface area contributed by atoms with Crippen molar-refractivity contribution in [1.82, 2.24) is 0 Å². The molecule has 0 fully saturated rings. The van der Waals surface area contributed by atoms with E-state index in [1.807, 2.05) is 0 Å². The molecule has 0 unspecified atom stereocenters. The third-order valence-corrected chi connectivity index (χ3v) is 4.27. The van der Waals surface area contributed by atoms with E-state index >= 15 is 0 Å². The smallest absolute Gasteiger partial charge is 0.0458 e. The first-order valence-electron chi connectivity index (χ1n) is 8.65. The van der Waals surface area contributed by atoms with Crippen molar-refractivity contribution in [3.8, 4) is 22.3 Å². The lowest BCUT2D eigenvalue weighted by Crippen LogP contribution is -2.05. The molecule has 0 atom stereocenters. The Hall–Kier alpha value is -2.54. The number of nitrogens with one attached hydrogen (secondary N) is 1. The Morgan fingerprint density at radius 2 is 1.42 bits per heavy atom. The number of anilines is 1. The fourth-order valence-corrected chi connectivity index (χ4v) is 3.00. The van der Waals surface area contributed by atoms with Crippen molar-refractivity contribution in [3.05, 3.63) is 85.3 Å². The van der Waals surface area contributed by atoms with E-state index in [-0.39, 0.29) is 0 Å². The van der Waals surface area contributed by atoms with Crippen molar-refractivity contribution in [2.75, 3.05) is 11.9 Å². The monoisotopic (exact) mass is 314 g/mol. The van der Waals surface area contributed by atoms with E-state index in [2.05, 4.69) is 92.0 Å². The molecule has 0 saturated heterocycles. The second kappa shape index (κ2) is 7.83. The molecule has 121 valence electrons. The van der Waals surface area contributed by atoms with E-state index in [0.717, 1.165) is 24.2 Å². The van der Waals surface area contributed by atoms with Crippen LogP contribution in [0.15, 0.2) is 72.8 Å². The summed E-state index contributed by atoms with van der Waals surface area (Å²) in [6.07, 6.45) is 2.34. The van der Waals surface area contributed by atoms with Gasteiger partial charge >= 0.3 is 0 Å². The number of hydrogen-bond donors (Lipinski definition) is 1. The fraction of sp³-hybridized carbons (Fsp3) is 0.174. The summed E-state index contributed by atoms with van der Waals surface area (Å²) >= 11 is 0. The van der Waals surface area contributed by atoms with Crippen LogP contribution >= 0.6 is 0 Å². The molecule has 0 bridgehead atoms. The first-order valence-corrected chi connectivity index (χ1v) is 8.65. The van der Waals surface area contributed by atoms with Gasteiger partial charge in [-0.2, -0.15) is 0 Å². The van der Waals surface area contributed by atoms with Crippen LogP contribution < -0.4 is 5.32 Å². The Kier molecular flexibility index (Phi) is 5.32.